The Hall–Kier alpha value is -2.57. The number of urea groups is 1. The Balaban J connectivity index is 1.46. The van der Waals surface area contributed by atoms with E-state index in [1.807, 2.05) is 30.1 Å². The van der Waals surface area contributed by atoms with Crippen molar-refractivity contribution in [3.8, 4) is 0 Å². The van der Waals surface area contributed by atoms with Gasteiger partial charge in [-0.1, -0.05) is 23.4 Å². The molecule has 0 unspecified atom stereocenters. The minimum Gasteiger partial charge on any atom is -0.373 e. The highest BCUT2D eigenvalue weighted by molar-refractivity contribution is 5.74. The molecule has 1 saturated heterocycles. The number of rotatable bonds is 5. The molecule has 0 aliphatic carbocycles. The molecule has 7 heteroatoms. The van der Waals surface area contributed by atoms with Gasteiger partial charge in [0.2, 0.25) is 5.89 Å². The maximum atomic E-state index is 12.4. The number of carbonyl (C=O) groups excluding carboxylic acids is 1. The van der Waals surface area contributed by atoms with E-state index in [1.165, 1.54) is 0 Å². The third-order valence-electron chi connectivity index (χ3n) is 4.54. The molecule has 2 aromatic rings. The van der Waals surface area contributed by atoms with Gasteiger partial charge in [0, 0.05) is 51.8 Å². The summed E-state index contributed by atoms with van der Waals surface area (Å²) in [5.41, 5.74) is 1.14. The van der Waals surface area contributed by atoms with E-state index >= 15 is 0 Å². The van der Waals surface area contributed by atoms with Gasteiger partial charge in [-0.15, -0.1) is 0 Å². The van der Waals surface area contributed by atoms with Crippen LogP contribution in [0.15, 0.2) is 34.9 Å². The standard InChI is InChI=1S/C18H25N5O2/c1-14-20-17(21-25-14)15-7-6-11-23(13-15)18(24)19-10-12-22(2)16-8-4-3-5-9-16/h3-5,8-9,15H,6-7,10-13H2,1-2H3,(H,19,24)/t15-/m1/s1. The Labute approximate surface area is 148 Å². The largest absolute Gasteiger partial charge is 0.373 e. The fraction of sp³-hybridized carbons (Fsp3) is 0.500. The van der Waals surface area contributed by atoms with Crippen molar-refractivity contribution in [1.82, 2.24) is 20.4 Å². The molecular formula is C18H25N5O2. The first kappa shape index (κ1) is 17.3. The summed E-state index contributed by atoms with van der Waals surface area (Å²) in [6.07, 6.45) is 1.94. The van der Waals surface area contributed by atoms with Crippen LogP contribution in [0, 0.1) is 6.92 Å². The van der Waals surface area contributed by atoms with Crippen LogP contribution in [0.2, 0.25) is 0 Å². The summed E-state index contributed by atoms with van der Waals surface area (Å²) in [5.74, 6) is 1.43. The Morgan fingerprint density at radius 3 is 2.92 bits per heavy atom. The number of piperidine rings is 1. The number of anilines is 1. The molecule has 2 heterocycles. The van der Waals surface area contributed by atoms with Crippen LogP contribution in [-0.4, -0.2) is 54.3 Å². The molecule has 25 heavy (non-hydrogen) atoms. The van der Waals surface area contributed by atoms with E-state index in [2.05, 4.69) is 32.5 Å². The average Bonchev–Trinajstić information content (AvgIpc) is 3.09. The minimum atomic E-state index is -0.0219. The number of hydrogen-bond donors (Lipinski definition) is 1. The van der Waals surface area contributed by atoms with Crippen LogP contribution in [0.5, 0.6) is 0 Å². The minimum absolute atomic E-state index is 0.0219. The number of likely N-dealkylation sites (N-methyl/N-ethyl adjacent to an activating group) is 1. The summed E-state index contributed by atoms with van der Waals surface area (Å²) in [4.78, 5) is 20.7. The second kappa shape index (κ2) is 8.00. The van der Waals surface area contributed by atoms with E-state index in [1.54, 1.807) is 6.92 Å². The molecule has 1 aromatic carbocycles. The quantitative estimate of drug-likeness (QED) is 0.902. The summed E-state index contributed by atoms with van der Waals surface area (Å²) in [6.45, 7) is 4.56. The van der Waals surface area contributed by atoms with E-state index in [-0.39, 0.29) is 11.9 Å². The normalized spacial score (nSPS) is 17.4. The second-order valence-corrected chi connectivity index (χ2v) is 6.45. The molecule has 1 aliphatic heterocycles. The summed E-state index contributed by atoms with van der Waals surface area (Å²) in [5, 5.41) is 7.01. The molecule has 1 N–H and O–H groups in total. The van der Waals surface area contributed by atoms with Crippen LogP contribution < -0.4 is 10.2 Å². The second-order valence-electron chi connectivity index (χ2n) is 6.45. The van der Waals surface area contributed by atoms with Crippen LogP contribution >= 0.6 is 0 Å². The van der Waals surface area contributed by atoms with Crippen LogP contribution in [-0.2, 0) is 0 Å². The Morgan fingerprint density at radius 2 is 2.20 bits per heavy atom. The lowest BCUT2D eigenvalue weighted by molar-refractivity contribution is 0.178. The molecule has 2 amide bonds. The maximum absolute atomic E-state index is 12.4. The molecular weight excluding hydrogens is 318 g/mol. The molecule has 0 radical (unpaired) electrons. The summed E-state index contributed by atoms with van der Waals surface area (Å²) >= 11 is 0. The molecule has 0 spiro atoms. The van der Waals surface area contributed by atoms with E-state index < -0.39 is 0 Å². The number of carbonyl (C=O) groups is 1. The van der Waals surface area contributed by atoms with E-state index in [0.29, 0.717) is 24.8 Å². The first-order chi connectivity index (χ1) is 12.1. The first-order valence-electron chi connectivity index (χ1n) is 8.72. The van der Waals surface area contributed by atoms with Gasteiger partial charge in [-0.2, -0.15) is 4.98 Å². The van der Waals surface area contributed by atoms with Gasteiger partial charge >= 0.3 is 6.03 Å². The van der Waals surface area contributed by atoms with Crippen molar-refractivity contribution in [2.24, 2.45) is 0 Å². The van der Waals surface area contributed by atoms with Crippen LogP contribution in [0.3, 0.4) is 0 Å². The molecule has 3 rings (SSSR count). The number of likely N-dealkylation sites (tertiary alicyclic amines) is 1. The maximum Gasteiger partial charge on any atom is 0.317 e. The Kier molecular flexibility index (Phi) is 5.53. The van der Waals surface area contributed by atoms with Crippen molar-refractivity contribution < 1.29 is 9.32 Å². The van der Waals surface area contributed by atoms with Gasteiger partial charge in [-0.3, -0.25) is 0 Å². The van der Waals surface area contributed by atoms with Crippen LogP contribution in [0.1, 0.15) is 30.5 Å². The first-order valence-corrected chi connectivity index (χ1v) is 8.72. The molecule has 0 bridgehead atoms. The van der Waals surface area contributed by atoms with Crippen molar-refractivity contribution in [3.63, 3.8) is 0 Å². The van der Waals surface area contributed by atoms with Gasteiger partial charge in [0.15, 0.2) is 5.82 Å². The molecule has 0 saturated carbocycles. The zero-order valence-corrected chi connectivity index (χ0v) is 14.8. The number of nitrogens with zero attached hydrogens (tertiary/aromatic N) is 4. The number of nitrogens with one attached hydrogen (secondary N) is 1. The molecule has 1 atom stereocenters. The highest BCUT2D eigenvalue weighted by Crippen LogP contribution is 2.24. The fourth-order valence-electron chi connectivity index (χ4n) is 3.11. The molecule has 1 aromatic heterocycles. The van der Waals surface area contributed by atoms with Crippen LogP contribution in [0.4, 0.5) is 10.5 Å². The smallest absolute Gasteiger partial charge is 0.317 e. The number of aryl methyl sites for hydroxylation is 1. The lowest BCUT2D eigenvalue weighted by atomic mass is 9.98. The number of para-hydroxylation sites is 1. The fourth-order valence-corrected chi connectivity index (χ4v) is 3.11. The molecule has 7 nitrogen and oxygen atoms in total. The van der Waals surface area contributed by atoms with Gasteiger partial charge in [0.25, 0.3) is 0 Å². The summed E-state index contributed by atoms with van der Waals surface area (Å²) < 4.78 is 5.06. The van der Waals surface area contributed by atoms with Crippen molar-refractivity contribution >= 4 is 11.7 Å². The van der Waals surface area contributed by atoms with Crippen molar-refractivity contribution in [3.05, 3.63) is 42.0 Å². The lowest BCUT2D eigenvalue weighted by Crippen LogP contribution is -2.46. The highest BCUT2D eigenvalue weighted by atomic mass is 16.5. The average molecular weight is 343 g/mol. The lowest BCUT2D eigenvalue weighted by Gasteiger charge is -2.31. The van der Waals surface area contributed by atoms with Gasteiger partial charge in [0.1, 0.15) is 0 Å². The SMILES string of the molecule is Cc1nc([C@@H]2CCCN(C(=O)NCCN(C)c3ccccc3)C2)no1. The molecule has 1 aliphatic rings. The van der Waals surface area contributed by atoms with Crippen LogP contribution in [0.25, 0.3) is 0 Å². The van der Waals surface area contributed by atoms with Gasteiger partial charge in [-0.25, -0.2) is 4.79 Å². The van der Waals surface area contributed by atoms with Gasteiger partial charge in [0.05, 0.1) is 0 Å². The number of aromatic nitrogens is 2. The Morgan fingerprint density at radius 1 is 1.40 bits per heavy atom. The predicted molar refractivity (Wildman–Crippen MR) is 95.7 cm³/mol. The van der Waals surface area contributed by atoms with E-state index in [0.717, 1.165) is 31.6 Å². The zero-order valence-electron chi connectivity index (χ0n) is 14.8. The van der Waals surface area contributed by atoms with E-state index in [4.69, 9.17) is 4.52 Å². The van der Waals surface area contributed by atoms with Gasteiger partial charge in [-0.05, 0) is 25.0 Å². The topological polar surface area (TPSA) is 74.5 Å². The van der Waals surface area contributed by atoms with Gasteiger partial charge < -0.3 is 19.6 Å². The molecule has 134 valence electrons. The number of amides is 2. The monoisotopic (exact) mass is 343 g/mol. The van der Waals surface area contributed by atoms with Crippen molar-refractivity contribution in [2.45, 2.75) is 25.7 Å². The number of benzene rings is 1. The predicted octanol–water partition coefficient (Wildman–Crippen LogP) is 2.40. The highest BCUT2D eigenvalue weighted by Gasteiger charge is 2.27. The summed E-state index contributed by atoms with van der Waals surface area (Å²) in [7, 11) is 2.02. The van der Waals surface area contributed by atoms with Crippen molar-refractivity contribution in [1.29, 1.82) is 0 Å². The Bertz CT molecular complexity index is 688. The summed E-state index contributed by atoms with van der Waals surface area (Å²) in [6, 6.07) is 10.1. The van der Waals surface area contributed by atoms with E-state index in [9.17, 15) is 4.79 Å². The van der Waals surface area contributed by atoms with Crippen molar-refractivity contribution in [2.75, 3.05) is 38.1 Å². The zero-order chi connectivity index (χ0) is 17.6. The molecule has 1 fully saturated rings. The third-order valence-corrected chi connectivity index (χ3v) is 4.54. The third kappa shape index (κ3) is 4.49. The number of hydrogen-bond acceptors (Lipinski definition) is 5.